The minimum atomic E-state index is -0.671. The summed E-state index contributed by atoms with van der Waals surface area (Å²) in [5.41, 5.74) is 2.89. The first-order valence-electron chi connectivity index (χ1n) is 12.8. The number of aromatic nitrogens is 1. The second-order valence-corrected chi connectivity index (χ2v) is 10.9. The minimum Gasteiger partial charge on any atom is -0.493 e. The smallest absolute Gasteiger partial charge is 0.338 e. The van der Waals surface area contributed by atoms with Gasteiger partial charge in [-0.3, -0.25) is 9.36 Å². The molecule has 4 aromatic rings. The Kier molecular flexibility index (Phi) is 8.63. The van der Waals surface area contributed by atoms with E-state index >= 15 is 0 Å². The molecule has 0 spiro atoms. The number of carbonyl (C=O) groups excluding carboxylic acids is 1. The Morgan fingerprint density at radius 2 is 1.78 bits per heavy atom. The van der Waals surface area contributed by atoms with Crippen LogP contribution in [0.3, 0.4) is 0 Å². The van der Waals surface area contributed by atoms with Crippen LogP contribution in [-0.2, 0) is 16.1 Å². The Morgan fingerprint density at radius 1 is 1.05 bits per heavy atom. The number of benzene rings is 3. The summed E-state index contributed by atoms with van der Waals surface area (Å²) < 4.78 is 18.6. The molecule has 0 unspecified atom stereocenters. The molecule has 0 radical (unpaired) electrons. The molecule has 1 atom stereocenters. The SMILES string of the molecule is CCC1=C(C(=O)OC)[C@@H](c2ccccc2)n2c(s/c(=C\c3cc(Cl)c(OCc4ccccc4Cl)c(OC)c3)c2=O)=N1. The van der Waals surface area contributed by atoms with Crippen LogP contribution in [0.25, 0.3) is 6.08 Å². The van der Waals surface area contributed by atoms with Crippen molar-refractivity contribution in [2.45, 2.75) is 26.0 Å². The molecule has 10 heteroatoms. The van der Waals surface area contributed by atoms with Gasteiger partial charge in [-0.05, 0) is 41.8 Å². The van der Waals surface area contributed by atoms with Crippen molar-refractivity contribution in [3.05, 3.63) is 124 Å². The predicted molar refractivity (Wildman–Crippen MR) is 161 cm³/mol. The minimum absolute atomic E-state index is 0.204. The van der Waals surface area contributed by atoms with Crippen molar-refractivity contribution in [3.63, 3.8) is 0 Å². The van der Waals surface area contributed by atoms with Gasteiger partial charge in [-0.25, -0.2) is 9.79 Å². The number of thiazole rings is 1. The van der Waals surface area contributed by atoms with Crippen LogP contribution in [0.2, 0.25) is 10.0 Å². The van der Waals surface area contributed by atoms with Gasteiger partial charge in [-0.15, -0.1) is 0 Å². The number of esters is 1. The van der Waals surface area contributed by atoms with Crippen LogP contribution in [-0.4, -0.2) is 24.8 Å². The number of rotatable bonds is 8. The first-order chi connectivity index (χ1) is 19.9. The molecule has 41 heavy (non-hydrogen) atoms. The summed E-state index contributed by atoms with van der Waals surface area (Å²) in [5, 5.41) is 0.906. The fourth-order valence-corrected chi connectivity index (χ4v) is 6.18. The first kappa shape index (κ1) is 28.7. The highest BCUT2D eigenvalue weighted by Gasteiger charge is 2.33. The van der Waals surface area contributed by atoms with Crippen LogP contribution >= 0.6 is 34.5 Å². The molecule has 0 fully saturated rings. The molecule has 3 aromatic carbocycles. The summed E-state index contributed by atoms with van der Waals surface area (Å²) in [7, 11) is 2.85. The van der Waals surface area contributed by atoms with E-state index in [-0.39, 0.29) is 12.2 Å². The molecular formula is C31H26Cl2N2O5S. The molecule has 210 valence electrons. The predicted octanol–water partition coefficient (Wildman–Crippen LogP) is 5.69. The molecule has 0 aliphatic carbocycles. The molecule has 0 saturated carbocycles. The van der Waals surface area contributed by atoms with Gasteiger partial charge in [-0.2, -0.15) is 0 Å². The standard InChI is InChI=1S/C31H26Cl2N2O5S/c1-4-23-26(30(37)39-3)27(19-10-6-5-7-11-19)35-29(36)25(41-31(35)34-23)16-18-14-22(33)28(24(15-18)38-2)40-17-20-12-8-9-13-21(20)32/h5-16,27H,4,17H2,1-3H3/b25-16-/t27-/m1/s1. The van der Waals surface area contributed by atoms with Gasteiger partial charge in [0, 0.05) is 10.6 Å². The number of carbonyl (C=O) groups is 1. The summed E-state index contributed by atoms with van der Waals surface area (Å²) >= 11 is 14.1. The Labute approximate surface area is 250 Å². The van der Waals surface area contributed by atoms with Gasteiger partial charge in [0.1, 0.15) is 6.61 Å². The average molecular weight is 610 g/mol. The first-order valence-corrected chi connectivity index (χ1v) is 14.3. The molecule has 1 aliphatic heterocycles. The molecule has 7 nitrogen and oxygen atoms in total. The van der Waals surface area contributed by atoms with E-state index in [4.69, 9.17) is 42.4 Å². The zero-order chi connectivity index (χ0) is 29.1. The number of fused-ring (bicyclic) bond motifs is 1. The van der Waals surface area contributed by atoms with Crippen LogP contribution in [0.4, 0.5) is 0 Å². The number of nitrogens with zero attached hydrogens (tertiary/aromatic N) is 2. The molecule has 1 aromatic heterocycles. The van der Waals surface area contributed by atoms with Crippen molar-refractivity contribution in [2.75, 3.05) is 14.2 Å². The van der Waals surface area contributed by atoms with Crippen molar-refractivity contribution in [2.24, 2.45) is 4.99 Å². The highest BCUT2D eigenvalue weighted by Crippen LogP contribution is 2.37. The van der Waals surface area contributed by atoms with E-state index in [1.165, 1.54) is 25.6 Å². The zero-order valence-electron chi connectivity index (χ0n) is 22.5. The Bertz CT molecular complexity index is 1830. The lowest BCUT2D eigenvalue weighted by molar-refractivity contribution is -0.136. The lowest BCUT2D eigenvalue weighted by atomic mass is 9.95. The summed E-state index contributed by atoms with van der Waals surface area (Å²) in [5.74, 6) is 0.261. The van der Waals surface area contributed by atoms with Crippen molar-refractivity contribution in [1.82, 2.24) is 4.57 Å². The molecule has 0 bridgehead atoms. The van der Waals surface area contributed by atoms with Gasteiger partial charge >= 0.3 is 5.97 Å². The summed E-state index contributed by atoms with van der Waals surface area (Å²) in [4.78, 5) is 32.0. The van der Waals surface area contributed by atoms with Crippen molar-refractivity contribution in [3.8, 4) is 11.5 Å². The van der Waals surface area contributed by atoms with Gasteiger partial charge in [0.25, 0.3) is 5.56 Å². The Morgan fingerprint density at radius 3 is 2.46 bits per heavy atom. The quantitative estimate of drug-likeness (QED) is 0.240. The van der Waals surface area contributed by atoms with Crippen LogP contribution in [0.1, 0.15) is 36.1 Å². The normalized spacial score (nSPS) is 14.9. The number of methoxy groups -OCH3 is 2. The van der Waals surface area contributed by atoms with Gasteiger partial charge < -0.3 is 14.2 Å². The fraction of sp³-hybridized carbons (Fsp3) is 0.194. The number of ether oxygens (including phenoxy) is 3. The Hall–Kier alpha value is -3.85. The van der Waals surface area contributed by atoms with E-state index in [2.05, 4.69) is 0 Å². The van der Waals surface area contributed by atoms with Gasteiger partial charge in [-0.1, -0.05) is 90.0 Å². The van der Waals surface area contributed by atoms with Gasteiger partial charge in [0.15, 0.2) is 16.3 Å². The molecule has 0 N–H and O–H groups in total. The molecule has 2 heterocycles. The molecule has 5 rings (SSSR count). The highest BCUT2D eigenvalue weighted by molar-refractivity contribution is 7.07. The number of hydrogen-bond donors (Lipinski definition) is 0. The van der Waals surface area contributed by atoms with Crippen LogP contribution < -0.4 is 24.4 Å². The van der Waals surface area contributed by atoms with E-state index < -0.39 is 12.0 Å². The number of allylic oxidation sites excluding steroid dienone is 1. The molecular weight excluding hydrogens is 583 g/mol. The topological polar surface area (TPSA) is 79.1 Å². The molecule has 0 saturated heterocycles. The summed E-state index contributed by atoms with van der Waals surface area (Å²) in [6.07, 6.45) is 2.23. The fourth-order valence-electron chi connectivity index (χ4n) is 4.69. The van der Waals surface area contributed by atoms with E-state index in [1.807, 2.05) is 55.5 Å². The van der Waals surface area contributed by atoms with Crippen LogP contribution in [0.15, 0.2) is 87.8 Å². The second-order valence-electron chi connectivity index (χ2n) is 9.11. The highest BCUT2D eigenvalue weighted by atomic mass is 35.5. The third-order valence-electron chi connectivity index (χ3n) is 6.64. The van der Waals surface area contributed by atoms with Gasteiger partial charge in [0.05, 0.1) is 41.1 Å². The monoisotopic (exact) mass is 608 g/mol. The zero-order valence-corrected chi connectivity index (χ0v) is 24.8. The lowest BCUT2D eigenvalue weighted by Crippen LogP contribution is -2.40. The summed E-state index contributed by atoms with van der Waals surface area (Å²) in [6.45, 7) is 2.12. The van der Waals surface area contributed by atoms with Crippen LogP contribution in [0, 0.1) is 0 Å². The Balaban J connectivity index is 1.59. The van der Waals surface area contributed by atoms with Gasteiger partial charge in [0.2, 0.25) is 0 Å². The van der Waals surface area contributed by atoms with E-state index in [1.54, 1.807) is 28.8 Å². The molecule has 1 aliphatic rings. The van der Waals surface area contributed by atoms with Crippen molar-refractivity contribution < 1.29 is 19.0 Å². The summed E-state index contributed by atoms with van der Waals surface area (Å²) in [6, 6.07) is 19.6. The van der Waals surface area contributed by atoms with E-state index in [0.29, 0.717) is 54.1 Å². The van der Waals surface area contributed by atoms with Crippen molar-refractivity contribution >= 4 is 46.6 Å². The maximum Gasteiger partial charge on any atom is 0.338 e. The largest absolute Gasteiger partial charge is 0.493 e. The average Bonchev–Trinajstić information content (AvgIpc) is 3.30. The van der Waals surface area contributed by atoms with E-state index in [0.717, 1.165) is 11.1 Å². The van der Waals surface area contributed by atoms with Crippen LogP contribution in [0.5, 0.6) is 11.5 Å². The van der Waals surface area contributed by atoms with Crippen molar-refractivity contribution in [1.29, 1.82) is 0 Å². The lowest BCUT2D eigenvalue weighted by Gasteiger charge is -2.25. The number of halogens is 2. The second kappa shape index (κ2) is 12.3. The molecule has 0 amide bonds. The van der Waals surface area contributed by atoms with E-state index in [9.17, 15) is 9.59 Å². The third kappa shape index (κ3) is 5.68. The third-order valence-corrected chi connectivity index (χ3v) is 8.28. The maximum absolute atomic E-state index is 13.9. The maximum atomic E-state index is 13.9. The number of hydrogen-bond acceptors (Lipinski definition) is 7.